The minimum Gasteiger partial charge on any atom is -0.494 e. The van der Waals surface area contributed by atoms with Crippen LogP contribution in [0.3, 0.4) is 0 Å². The summed E-state index contributed by atoms with van der Waals surface area (Å²) in [4.78, 5) is 7.77. The van der Waals surface area contributed by atoms with Crippen molar-refractivity contribution in [1.29, 1.82) is 0 Å². The van der Waals surface area contributed by atoms with Gasteiger partial charge in [-0.1, -0.05) is 84.9 Å². The Bertz CT molecular complexity index is 2230. The molecule has 0 spiro atoms. The van der Waals surface area contributed by atoms with E-state index in [0.717, 1.165) is 47.1 Å². The molecule has 4 heterocycles. The summed E-state index contributed by atoms with van der Waals surface area (Å²) in [7, 11) is 0. The van der Waals surface area contributed by atoms with Crippen LogP contribution in [0.2, 0.25) is 0 Å². The van der Waals surface area contributed by atoms with Crippen LogP contribution in [0.25, 0.3) is 0 Å². The third-order valence-corrected chi connectivity index (χ3v) is 10.5. The molecule has 4 aliphatic heterocycles. The SMILES string of the molecule is CC1(c2ccc(CCCOc3ccc(C4(C)N=N4)cc3)cc2)C=N1.CC1(c2ccc(COc3ccc(OCc4ccc(C5(C(F)(F)F)C=N5)cc4)cc3)cc2)N=N1. The lowest BCUT2D eigenvalue weighted by Gasteiger charge is -2.18. The second-order valence-electron chi connectivity index (χ2n) is 15.0. The van der Waals surface area contributed by atoms with E-state index in [-0.39, 0.29) is 29.0 Å². The number of alkyl halides is 3. The van der Waals surface area contributed by atoms with Crippen molar-refractivity contribution in [3.63, 3.8) is 0 Å². The van der Waals surface area contributed by atoms with Crippen molar-refractivity contribution in [2.75, 3.05) is 6.61 Å². The van der Waals surface area contributed by atoms with Gasteiger partial charge in [-0.2, -0.15) is 33.6 Å². The molecular weight excluding hydrogens is 730 g/mol. The molecule has 0 radical (unpaired) electrons. The lowest BCUT2D eigenvalue weighted by Crippen LogP contribution is -2.31. The standard InChI is InChI=1S/C25H20F3N3O2.C20H21N3O/c1-23(30-31-23)19-6-2-17(3-7-19)14-32-21-10-12-22(13-11-21)33-15-18-4-8-20(9-5-18)24(16-29-24)25(26,27)28;1-19(14-21-19)16-7-5-15(6-8-16)4-3-13-24-18-11-9-17(10-12-18)20(2)22-23-20/h2-13,16H,14-15H2,1H3;5-12,14H,3-4,13H2,1-2H3. The Morgan fingerprint density at radius 2 is 0.860 bits per heavy atom. The maximum Gasteiger partial charge on any atom is 0.422 e. The highest BCUT2D eigenvalue weighted by atomic mass is 19.4. The number of nitrogens with zero attached hydrogens (tertiary/aromatic N) is 6. The van der Waals surface area contributed by atoms with Crippen molar-refractivity contribution in [3.05, 3.63) is 160 Å². The number of hydrogen-bond donors (Lipinski definition) is 0. The van der Waals surface area contributed by atoms with Crippen LogP contribution in [-0.2, 0) is 42.0 Å². The Morgan fingerprint density at radius 3 is 1.28 bits per heavy atom. The lowest BCUT2D eigenvalue weighted by molar-refractivity contribution is -0.156. The molecule has 12 heteroatoms. The molecule has 0 aromatic heterocycles. The minimum atomic E-state index is -4.42. The topological polar surface area (TPSA) is 102 Å². The average molecular weight is 771 g/mol. The Morgan fingerprint density at radius 1 is 0.474 bits per heavy atom. The normalized spacial score (nSPS) is 20.9. The molecule has 0 N–H and O–H groups in total. The van der Waals surface area contributed by atoms with Crippen molar-refractivity contribution in [2.45, 2.75) is 75.4 Å². The Hall–Kier alpha value is -6.17. The van der Waals surface area contributed by atoms with Gasteiger partial charge in [-0.25, -0.2) is 0 Å². The minimum absolute atomic E-state index is 0.0358. The second kappa shape index (κ2) is 14.7. The summed E-state index contributed by atoms with van der Waals surface area (Å²) in [6, 6.07) is 38.2. The molecule has 2 unspecified atom stereocenters. The summed E-state index contributed by atoms with van der Waals surface area (Å²) in [5, 5.41) is 16.2. The van der Waals surface area contributed by atoms with E-state index in [2.05, 4.69) is 61.6 Å². The molecule has 9 nitrogen and oxygen atoms in total. The van der Waals surface area contributed by atoms with Gasteiger partial charge in [0.15, 0.2) is 0 Å². The van der Waals surface area contributed by atoms with E-state index < -0.39 is 11.7 Å². The molecule has 57 heavy (non-hydrogen) atoms. The fourth-order valence-corrected chi connectivity index (χ4v) is 6.23. The molecule has 0 aliphatic carbocycles. The lowest BCUT2D eigenvalue weighted by atomic mass is 9.96. The number of ether oxygens (including phenoxy) is 3. The van der Waals surface area contributed by atoms with Gasteiger partial charge in [-0.15, -0.1) is 0 Å². The molecule has 290 valence electrons. The molecule has 9 rings (SSSR count). The third kappa shape index (κ3) is 8.80. The van der Waals surface area contributed by atoms with Crippen LogP contribution in [0.4, 0.5) is 13.2 Å². The maximum atomic E-state index is 13.1. The monoisotopic (exact) mass is 770 g/mol. The number of aliphatic imine (C=N–C) groups is 2. The zero-order chi connectivity index (χ0) is 39.7. The average Bonchev–Trinajstić information content (AvgIpc) is 4.01. The number of benzene rings is 5. The second-order valence-corrected chi connectivity index (χ2v) is 15.0. The van der Waals surface area contributed by atoms with Gasteiger partial charge in [0.1, 0.15) is 36.0 Å². The van der Waals surface area contributed by atoms with E-state index in [1.54, 1.807) is 24.3 Å². The number of rotatable bonds is 15. The Kier molecular flexibility index (Phi) is 9.75. The largest absolute Gasteiger partial charge is 0.494 e. The van der Waals surface area contributed by atoms with Gasteiger partial charge < -0.3 is 14.2 Å². The summed E-state index contributed by atoms with van der Waals surface area (Å²) in [5.41, 5.74) is 3.82. The molecule has 5 aromatic rings. The number of hydrogen-bond acceptors (Lipinski definition) is 9. The molecular formula is C45H41F3N6O3. The van der Waals surface area contributed by atoms with Crippen molar-refractivity contribution < 1.29 is 27.4 Å². The van der Waals surface area contributed by atoms with E-state index in [4.69, 9.17) is 14.2 Å². The molecule has 0 amide bonds. The van der Waals surface area contributed by atoms with Crippen LogP contribution in [0, 0.1) is 0 Å². The summed E-state index contributed by atoms with van der Waals surface area (Å²) < 4.78 is 56.8. The quantitative estimate of drug-likeness (QED) is 0.0990. The van der Waals surface area contributed by atoms with Crippen LogP contribution in [0.15, 0.2) is 152 Å². The van der Waals surface area contributed by atoms with E-state index in [1.807, 2.05) is 80.7 Å². The highest BCUT2D eigenvalue weighted by molar-refractivity contribution is 5.87. The fraction of sp³-hybridized carbons (Fsp3) is 0.289. The molecule has 4 aliphatic rings. The molecule has 0 saturated heterocycles. The molecule has 0 saturated carbocycles. The van der Waals surface area contributed by atoms with E-state index >= 15 is 0 Å². The van der Waals surface area contributed by atoms with E-state index in [1.165, 1.54) is 23.3 Å². The van der Waals surface area contributed by atoms with Crippen LogP contribution in [-0.4, -0.2) is 25.2 Å². The summed E-state index contributed by atoms with van der Waals surface area (Å²) in [6.07, 6.45) is 0.521. The first-order valence-electron chi connectivity index (χ1n) is 18.8. The van der Waals surface area contributed by atoms with Gasteiger partial charge in [0.05, 0.1) is 6.61 Å². The highest BCUT2D eigenvalue weighted by Crippen LogP contribution is 2.48. The smallest absolute Gasteiger partial charge is 0.422 e. The van der Waals surface area contributed by atoms with Crippen LogP contribution in [0.5, 0.6) is 17.2 Å². The highest BCUT2D eigenvalue weighted by Gasteiger charge is 2.61. The van der Waals surface area contributed by atoms with Gasteiger partial charge in [0.25, 0.3) is 0 Å². The number of halogens is 3. The van der Waals surface area contributed by atoms with Gasteiger partial charge in [0, 0.05) is 23.6 Å². The molecule has 5 aromatic carbocycles. The predicted molar refractivity (Wildman–Crippen MR) is 211 cm³/mol. The maximum absolute atomic E-state index is 13.1. The van der Waals surface area contributed by atoms with Crippen molar-refractivity contribution in [1.82, 2.24) is 0 Å². The zero-order valence-electron chi connectivity index (χ0n) is 31.8. The van der Waals surface area contributed by atoms with Crippen molar-refractivity contribution in [3.8, 4) is 17.2 Å². The van der Waals surface area contributed by atoms with Crippen molar-refractivity contribution >= 4 is 12.4 Å². The van der Waals surface area contributed by atoms with Crippen LogP contribution in [0.1, 0.15) is 66.1 Å². The summed E-state index contributed by atoms with van der Waals surface area (Å²) >= 11 is 0. The first-order valence-corrected chi connectivity index (χ1v) is 18.8. The first-order chi connectivity index (χ1) is 27.3. The predicted octanol–water partition coefficient (Wildman–Crippen LogP) is 11.0. The number of aryl methyl sites for hydroxylation is 1. The first kappa shape index (κ1) is 37.7. The summed E-state index contributed by atoms with van der Waals surface area (Å²) in [6.45, 7) is 7.49. The third-order valence-electron chi connectivity index (χ3n) is 10.5. The summed E-state index contributed by atoms with van der Waals surface area (Å²) in [5.74, 6) is 2.24. The Labute approximate surface area is 329 Å². The van der Waals surface area contributed by atoms with Crippen LogP contribution < -0.4 is 14.2 Å². The molecule has 2 atom stereocenters. The molecule has 0 fully saturated rings. The van der Waals surface area contributed by atoms with Gasteiger partial charge in [0.2, 0.25) is 16.9 Å². The van der Waals surface area contributed by atoms with E-state index in [9.17, 15) is 13.2 Å². The van der Waals surface area contributed by atoms with Gasteiger partial charge in [-0.3, -0.25) is 9.98 Å². The van der Waals surface area contributed by atoms with E-state index in [0.29, 0.717) is 24.7 Å². The van der Waals surface area contributed by atoms with Gasteiger partial charge in [-0.05, 0) is 97.8 Å². The molecule has 0 bridgehead atoms. The fourth-order valence-electron chi connectivity index (χ4n) is 6.23. The zero-order valence-corrected chi connectivity index (χ0v) is 31.8. The van der Waals surface area contributed by atoms with Crippen LogP contribution >= 0.6 is 0 Å². The Balaban J connectivity index is 0.000000168. The van der Waals surface area contributed by atoms with Crippen molar-refractivity contribution in [2.24, 2.45) is 30.4 Å². The van der Waals surface area contributed by atoms with Gasteiger partial charge >= 0.3 is 6.18 Å².